The maximum atomic E-state index is 14.0. The molecule has 2 rings (SSSR count). The van der Waals surface area contributed by atoms with Gasteiger partial charge in [-0.2, -0.15) is 79.0 Å². The van der Waals surface area contributed by atoms with Crippen LogP contribution in [0.4, 0.5) is 79.0 Å². The molecule has 0 unspecified atom stereocenters. The number of alkyl halides is 18. The number of hydrogen-bond donors (Lipinski definition) is 0. The van der Waals surface area contributed by atoms with Gasteiger partial charge >= 0.3 is 53.3 Å². The normalized spacial score (nSPS) is 15.4. The quantitative estimate of drug-likeness (QED) is 0.238. The average molecular weight is 604 g/mol. The number of rotatable bonds is 10. The largest absolute Gasteiger partial charge is 0.385 e. The van der Waals surface area contributed by atoms with Gasteiger partial charge in [0.1, 0.15) is 0 Å². The average Bonchev–Trinajstić information content (AvgIpc) is 2.84. The molecular formula is C21H10F18. The second-order valence-corrected chi connectivity index (χ2v) is 7.90. The Bertz CT molecular complexity index is 1050. The first-order valence-corrected chi connectivity index (χ1v) is 9.72. The maximum Gasteiger partial charge on any atom is 0.385 e. The van der Waals surface area contributed by atoms with Crippen LogP contribution in [0.15, 0.2) is 60.7 Å². The zero-order valence-electron chi connectivity index (χ0n) is 18.1. The van der Waals surface area contributed by atoms with Crippen LogP contribution in [0.25, 0.3) is 0 Å². The van der Waals surface area contributed by atoms with Crippen molar-refractivity contribution < 1.29 is 79.0 Å². The summed E-state index contributed by atoms with van der Waals surface area (Å²) in [5, 5.41) is 0. The Kier molecular flexibility index (Phi) is 7.56. The predicted octanol–water partition coefficient (Wildman–Crippen LogP) is 9.02. The summed E-state index contributed by atoms with van der Waals surface area (Å²) in [6.45, 7) is 0. The molecule has 0 N–H and O–H groups in total. The molecule has 0 radical (unpaired) electrons. The molecule has 39 heavy (non-hydrogen) atoms. The van der Waals surface area contributed by atoms with Crippen LogP contribution in [0.1, 0.15) is 11.1 Å². The smallest absolute Gasteiger partial charge is 0.194 e. The van der Waals surface area contributed by atoms with Gasteiger partial charge in [0.2, 0.25) is 0 Å². The van der Waals surface area contributed by atoms with E-state index < -0.39 is 64.4 Å². The van der Waals surface area contributed by atoms with Crippen molar-refractivity contribution >= 4 is 0 Å². The molecule has 0 aliphatic rings. The molecule has 0 atom stereocenters. The third-order valence-electron chi connectivity index (χ3n) is 5.43. The Balaban J connectivity index is 2.69. The lowest BCUT2D eigenvalue weighted by atomic mass is 9.84. The van der Waals surface area contributed by atoms with Crippen molar-refractivity contribution in [2.24, 2.45) is 0 Å². The molecule has 0 spiro atoms. The van der Waals surface area contributed by atoms with E-state index in [1.807, 2.05) is 0 Å². The van der Waals surface area contributed by atoms with Crippen molar-refractivity contribution in [1.82, 2.24) is 0 Å². The summed E-state index contributed by atoms with van der Waals surface area (Å²) in [5.41, 5.74) is -4.56. The lowest BCUT2D eigenvalue weighted by molar-refractivity contribution is -0.464. The van der Waals surface area contributed by atoms with Crippen LogP contribution in [0.2, 0.25) is 0 Å². The van der Waals surface area contributed by atoms with Crippen molar-refractivity contribution in [3.05, 3.63) is 71.8 Å². The van der Waals surface area contributed by atoms with Gasteiger partial charge in [-0.15, -0.1) is 0 Å². The summed E-state index contributed by atoms with van der Waals surface area (Å²) in [7, 11) is 0. The molecule has 0 aliphatic heterocycles. The fraction of sp³-hybridized carbons (Fsp3) is 0.429. The highest BCUT2D eigenvalue weighted by Gasteiger charge is 2.96. The summed E-state index contributed by atoms with van der Waals surface area (Å²) >= 11 is 0. The summed E-state index contributed by atoms with van der Waals surface area (Å²) in [6, 6.07) is 2.75. The van der Waals surface area contributed by atoms with Gasteiger partial charge in [0.15, 0.2) is 0 Å². The minimum Gasteiger partial charge on any atom is -0.194 e. The lowest BCUT2D eigenvalue weighted by Gasteiger charge is -2.44. The van der Waals surface area contributed by atoms with E-state index in [0.717, 1.165) is 12.1 Å². The molecule has 0 amide bonds. The minimum absolute atomic E-state index is 0.130. The molecule has 0 saturated carbocycles. The molecule has 0 fully saturated rings. The van der Waals surface area contributed by atoms with Crippen LogP contribution >= 0.6 is 0 Å². The molecule has 0 aliphatic carbocycles. The zero-order valence-corrected chi connectivity index (χ0v) is 18.1. The third kappa shape index (κ3) is 4.10. The fourth-order valence-corrected chi connectivity index (χ4v) is 3.04. The van der Waals surface area contributed by atoms with E-state index in [1.54, 1.807) is 0 Å². The van der Waals surface area contributed by atoms with E-state index in [1.165, 1.54) is 0 Å². The first kappa shape index (κ1) is 32.4. The third-order valence-corrected chi connectivity index (χ3v) is 5.43. The van der Waals surface area contributed by atoms with E-state index in [2.05, 4.69) is 0 Å². The van der Waals surface area contributed by atoms with Gasteiger partial charge in [0, 0.05) is 11.1 Å². The first-order chi connectivity index (χ1) is 17.2. The van der Waals surface area contributed by atoms with Crippen LogP contribution in [0.5, 0.6) is 0 Å². The van der Waals surface area contributed by atoms with Crippen molar-refractivity contribution in [2.75, 3.05) is 0 Å². The Labute approximate surface area is 205 Å². The van der Waals surface area contributed by atoms with E-state index in [0.29, 0.717) is 24.3 Å². The predicted molar refractivity (Wildman–Crippen MR) is 95.3 cm³/mol. The van der Waals surface area contributed by atoms with Crippen LogP contribution in [-0.4, -0.2) is 41.5 Å². The van der Waals surface area contributed by atoms with Crippen molar-refractivity contribution in [3.8, 4) is 0 Å². The monoisotopic (exact) mass is 604 g/mol. The van der Waals surface area contributed by atoms with Gasteiger partial charge in [-0.1, -0.05) is 60.7 Å². The molecule has 18 heteroatoms. The van der Waals surface area contributed by atoms with Crippen LogP contribution in [0, 0.1) is 0 Å². The fourth-order valence-electron chi connectivity index (χ4n) is 3.04. The summed E-state index contributed by atoms with van der Waals surface area (Å²) in [4.78, 5) is 0. The second-order valence-electron chi connectivity index (χ2n) is 7.90. The molecule has 0 nitrogen and oxygen atoms in total. The van der Waals surface area contributed by atoms with Gasteiger partial charge in [-0.05, 0) is 0 Å². The molecule has 2 aromatic carbocycles. The topological polar surface area (TPSA) is 0 Å². The Morgan fingerprint density at radius 2 is 0.436 bits per heavy atom. The Morgan fingerprint density at radius 3 is 0.641 bits per heavy atom. The standard InChI is InChI=1S/C21H10F18/c22-13(23,11-7-3-1-4-8-11)15(26,27)17(30,31)19(34,35)21(38,39)20(36,37)18(32,33)16(28,29)14(24,25)12-9-5-2-6-10-12/h1-10H. The van der Waals surface area contributed by atoms with Crippen molar-refractivity contribution in [1.29, 1.82) is 0 Å². The summed E-state index contributed by atoms with van der Waals surface area (Å²) in [5.74, 6) is -71.8. The zero-order chi connectivity index (χ0) is 30.7. The Morgan fingerprint density at radius 1 is 0.256 bits per heavy atom. The highest BCUT2D eigenvalue weighted by atomic mass is 19.4. The van der Waals surface area contributed by atoms with E-state index in [-0.39, 0.29) is 24.3 Å². The minimum atomic E-state index is -8.79. The molecular weight excluding hydrogens is 594 g/mol. The highest BCUT2D eigenvalue weighted by Crippen LogP contribution is 2.66. The van der Waals surface area contributed by atoms with Gasteiger partial charge in [0.25, 0.3) is 0 Å². The molecule has 220 valence electrons. The molecule has 2 aromatic rings. The van der Waals surface area contributed by atoms with Crippen molar-refractivity contribution in [2.45, 2.75) is 53.3 Å². The van der Waals surface area contributed by atoms with E-state index in [4.69, 9.17) is 0 Å². The molecule has 0 bridgehead atoms. The van der Waals surface area contributed by atoms with Gasteiger partial charge < -0.3 is 0 Å². The SMILES string of the molecule is FC(F)(c1ccccc1)C(F)(F)C(F)(F)C(F)(F)C(F)(F)C(F)(F)C(F)(F)C(F)(F)C(F)(F)c1ccccc1. The Hall–Kier alpha value is -2.82. The van der Waals surface area contributed by atoms with Crippen LogP contribution in [-0.2, 0) is 11.8 Å². The van der Waals surface area contributed by atoms with Gasteiger partial charge in [0.05, 0.1) is 0 Å². The first-order valence-electron chi connectivity index (χ1n) is 9.72. The van der Waals surface area contributed by atoms with E-state index >= 15 is 0 Å². The number of hydrogen-bond acceptors (Lipinski definition) is 0. The van der Waals surface area contributed by atoms with E-state index in [9.17, 15) is 79.0 Å². The van der Waals surface area contributed by atoms with Crippen LogP contribution < -0.4 is 0 Å². The lowest BCUT2D eigenvalue weighted by Crippen LogP contribution is -2.75. The number of benzene rings is 2. The van der Waals surface area contributed by atoms with Gasteiger partial charge in [-0.25, -0.2) is 0 Å². The van der Waals surface area contributed by atoms with Gasteiger partial charge in [-0.3, -0.25) is 0 Å². The van der Waals surface area contributed by atoms with Crippen molar-refractivity contribution in [3.63, 3.8) is 0 Å². The maximum absolute atomic E-state index is 14.0. The summed E-state index contributed by atoms with van der Waals surface area (Å²) in [6.07, 6.45) is 0. The van der Waals surface area contributed by atoms with Crippen LogP contribution in [0.3, 0.4) is 0 Å². The molecule has 0 heterocycles. The number of halogens is 18. The molecule has 0 saturated heterocycles. The highest BCUT2D eigenvalue weighted by molar-refractivity contribution is 5.28. The molecule has 0 aromatic heterocycles. The summed E-state index contributed by atoms with van der Waals surface area (Å²) < 4.78 is 252. The second kappa shape index (κ2) is 9.11.